The van der Waals surface area contributed by atoms with Crippen LogP contribution >= 0.6 is 11.8 Å². The Morgan fingerprint density at radius 1 is 1.23 bits per heavy atom. The van der Waals surface area contributed by atoms with Crippen LogP contribution in [0.25, 0.3) is 0 Å². The number of benzene rings is 2. The molecule has 0 bridgehead atoms. The minimum absolute atomic E-state index is 0.0870. The number of anilines is 1. The number of thioether (sulfide) groups is 1. The maximum absolute atomic E-state index is 13.0. The van der Waals surface area contributed by atoms with Crippen molar-refractivity contribution in [3.8, 4) is 0 Å². The van der Waals surface area contributed by atoms with Crippen molar-refractivity contribution >= 4 is 45.8 Å². The van der Waals surface area contributed by atoms with E-state index in [1.54, 1.807) is 19.1 Å². The molecule has 2 aromatic carbocycles. The molecule has 1 unspecified atom stereocenters. The Kier molecular flexibility index (Phi) is 6.52. The lowest BCUT2D eigenvalue weighted by Crippen LogP contribution is -2.28. The summed E-state index contributed by atoms with van der Waals surface area (Å²) >= 11 is 1.08. The number of carbonyl (C=O) groups excluding carboxylic acids is 2. The van der Waals surface area contributed by atoms with Crippen LogP contribution in [0, 0.1) is 15.9 Å². The molecule has 0 spiro atoms. The molecule has 1 aliphatic rings. The Bertz CT molecular complexity index is 1040. The van der Waals surface area contributed by atoms with Gasteiger partial charge >= 0.3 is 0 Å². The lowest BCUT2D eigenvalue weighted by atomic mass is 10.1. The molecule has 154 valence electrons. The number of hydrogen-bond acceptors (Lipinski definition) is 7. The number of nitrogens with one attached hydrogen (secondary N) is 2. The fraction of sp³-hybridized carbons (Fsp3) is 0.158. The first-order valence-corrected chi connectivity index (χ1v) is 9.60. The topological polar surface area (TPSA) is 126 Å². The summed E-state index contributed by atoms with van der Waals surface area (Å²) in [6.45, 7) is 1.70. The van der Waals surface area contributed by atoms with E-state index in [0.717, 1.165) is 11.8 Å². The highest BCUT2D eigenvalue weighted by atomic mass is 32.2. The van der Waals surface area contributed by atoms with Crippen molar-refractivity contribution in [2.24, 2.45) is 10.2 Å². The Morgan fingerprint density at radius 2 is 1.90 bits per heavy atom. The Balaban J connectivity index is 1.57. The van der Waals surface area contributed by atoms with Crippen molar-refractivity contribution < 1.29 is 18.9 Å². The summed E-state index contributed by atoms with van der Waals surface area (Å²) in [6.07, 6.45) is -0.104. The molecule has 1 saturated heterocycles. The summed E-state index contributed by atoms with van der Waals surface area (Å²) in [4.78, 5) is 34.4. The smallest absolute Gasteiger partial charge is 0.269 e. The van der Waals surface area contributed by atoms with E-state index < -0.39 is 16.1 Å². The predicted molar refractivity (Wildman–Crippen MR) is 112 cm³/mol. The number of non-ortho nitro benzene ring substituents is 1. The molecule has 1 aliphatic heterocycles. The number of amides is 2. The number of rotatable bonds is 6. The third kappa shape index (κ3) is 5.47. The minimum Gasteiger partial charge on any atom is -0.326 e. The second kappa shape index (κ2) is 9.27. The monoisotopic (exact) mass is 429 g/mol. The molecule has 1 heterocycles. The van der Waals surface area contributed by atoms with Crippen molar-refractivity contribution in [3.05, 3.63) is 70.0 Å². The SMILES string of the molecule is CC(=N/N=C1\NC(=O)C(CC(=O)Nc2ccc([N+](=O)[O-])cc2)S1)c1ccc(F)cc1. The molecule has 2 N–H and O–H groups in total. The molecule has 2 amide bonds. The van der Waals surface area contributed by atoms with Crippen LogP contribution in [0.15, 0.2) is 58.7 Å². The highest BCUT2D eigenvalue weighted by Crippen LogP contribution is 2.23. The predicted octanol–water partition coefficient (Wildman–Crippen LogP) is 3.07. The number of amidine groups is 1. The van der Waals surface area contributed by atoms with Gasteiger partial charge in [0, 0.05) is 24.2 Å². The lowest BCUT2D eigenvalue weighted by molar-refractivity contribution is -0.384. The third-order valence-electron chi connectivity index (χ3n) is 4.06. The van der Waals surface area contributed by atoms with E-state index in [2.05, 4.69) is 20.8 Å². The van der Waals surface area contributed by atoms with Crippen molar-refractivity contribution in [3.63, 3.8) is 0 Å². The summed E-state index contributed by atoms with van der Waals surface area (Å²) < 4.78 is 13.0. The van der Waals surface area contributed by atoms with Crippen LogP contribution in [0.3, 0.4) is 0 Å². The first kappa shape index (κ1) is 21.1. The van der Waals surface area contributed by atoms with Gasteiger partial charge in [0.1, 0.15) is 11.1 Å². The summed E-state index contributed by atoms with van der Waals surface area (Å²) in [7, 11) is 0. The Hall–Kier alpha value is -3.60. The molecule has 11 heteroatoms. The molecule has 2 aromatic rings. The van der Waals surface area contributed by atoms with E-state index in [1.807, 2.05) is 0 Å². The zero-order chi connectivity index (χ0) is 21.7. The van der Waals surface area contributed by atoms with E-state index in [9.17, 15) is 24.1 Å². The normalized spacial score (nSPS) is 17.7. The molecule has 1 fully saturated rings. The standard InChI is InChI=1S/C19H16FN5O4S/c1-11(12-2-4-13(20)5-3-12)23-24-19-22-18(27)16(30-19)10-17(26)21-14-6-8-15(9-7-14)25(28)29/h2-9,16H,10H2,1H3,(H,21,26)(H,22,24,27). The van der Waals surface area contributed by atoms with E-state index in [0.29, 0.717) is 17.0 Å². The highest BCUT2D eigenvalue weighted by Gasteiger charge is 2.32. The maximum Gasteiger partial charge on any atom is 0.269 e. The van der Waals surface area contributed by atoms with Crippen LogP contribution in [-0.4, -0.2) is 32.9 Å². The van der Waals surface area contributed by atoms with Gasteiger partial charge in [-0.2, -0.15) is 5.10 Å². The van der Waals surface area contributed by atoms with Gasteiger partial charge in [-0.3, -0.25) is 19.7 Å². The molecule has 0 saturated carbocycles. The summed E-state index contributed by atoms with van der Waals surface area (Å²) in [5, 5.41) is 23.4. The van der Waals surface area contributed by atoms with Crippen LogP contribution in [-0.2, 0) is 9.59 Å². The first-order valence-electron chi connectivity index (χ1n) is 8.72. The molecule has 0 radical (unpaired) electrons. The van der Waals surface area contributed by atoms with Crippen molar-refractivity contribution in [1.82, 2.24) is 5.32 Å². The summed E-state index contributed by atoms with van der Waals surface area (Å²) in [5.41, 5.74) is 1.53. The molecular formula is C19H16FN5O4S. The van der Waals surface area contributed by atoms with Crippen LogP contribution in [0.4, 0.5) is 15.8 Å². The third-order valence-corrected chi connectivity index (χ3v) is 5.13. The van der Waals surface area contributed by atoms with Gasteiger partial charge in [-0.1, -0.05) is 23.9 Å². The first-order chi connectivity index (χ1) is 14.3. The second-order valence-corrected chi connectivity index (χ2v) is 7.44. The van der Waals surface area contributed by atoms with Gasteiger partial charge < -0.3 is 10.6 Å². The number of nitrogens with zero attached hydrogens (tertiary/aromatic N) is 3. The van der Waals surface area contributed by atoms with Gasteiger partial charge in [-0.15, -0.1) is 5.10 Å². The second-order valence-electron chi connectivity index (χ2n) is 6.25. The van der Waals surface area contributed by atoms with E-state index in [-0.39, 0.29) is 29.0 Å². The van der Waals surface area contributed by atoms with Crippen molar-refractivity contribution in [1.29, 1.82) is 0 Å². The van der Waals surface area contributed by atoms with E-state index in [1.165, 1.54) is 36.4 Å². The van der Waals surface area contributed by atoms with Gasteiger partial charge in [-0.05, 0) is 36.8 Å². The Morgan fingerprint density at radius 3 is 2.53 bits per heavy atom. The maximum atomic E-state index is 13.0. The molecule has 0 aliphatic carbocycles. The van der Waals surface area contributed by atoms with Gasteiger partial charge in [0.05, 0.1) is 10.6 Å². The number of halogens is 1. The van der Waals surface area contributed by atoms with Crippen LogP contribution in [0.5, 0.6) is 0 Å². The molecule has 9 nitrogen and oxygen atoms in total. The molecule has 3 rings (SSSR count). The van der Waals surface area contributed by atoms with Crippen LogP contribution in [0.2, 0.25) is 0 Å². The van der Waals surface area contributed by atoms with Crippen molar-refractivity contribution in [2.45, 2.75) is 18.6 Å². The molecule has 30 heavy (non-hydrogen) atoms. The Labute approximate surface area is 174 Å². The minimum atomic E-state index is -0.678. The zero-order valence-corrected chi connectivity index (χ0v) is 16.5. The van der Waals surface area contributed by atoms with Gasteiger partial charge in [-0.25, -0.2) is 4.39 Å². The van der Waals surface area contributed by atoms with Gasteiger partial charge in [0.25, 0.3) is 5.69 Å². The van der Waals surface area contributed by atoms with E-state index in [4.69, 9.17) is 0 Å². The number of hydrogen-bond donors (Lipinski definition) is 2. The largest absolute Gasteiger partial charge is 0.326 e. The number of carbonyl (C=O) groups is 2. The number of nitro benzene ring substituents is 1. The molecule has 0 aromatic heterocycles. The molecular weight excluding hydrogens is 413 g/mol. The fourth-order valence-electron chi connectivity index (χ4n) is 2.50. The summed E-state index contributed by atoms with van der Waals surface area (Å²) in [5.74, 6) is -1.14. The lowest BCUT2D eigenvalue weighted by Gasteiger charge is -2.07. The molecule has 1 atom stereocenters. The van der Waals surface area contributed by atoms with Crippen LogP contribution in [0.1, 0.15) is 18.9 Å². The average Bonchev–Trinajstić information content (AvgIpc) is 3.06. The highest BCUT2D eigenvalue weighted by molar-refractivity contribution is 8.15. The zero-order valence-electron chi connectivity index (χ0n) is 15.7. The van der Waals surface area contributed by atoms with Crippen molar-refractivity contribution in [2.75, 3.05) is 5.32 Å². The van der Waals surface area contributed by atoms with Crippen LogP contribution < -0.4 is 10.6 Å². The van der Waals surface area contributed by atoms with E-state index >= 15 is 0 Å². The van der Waals surface area contributed by atoms with Gasteiger partial charge in [0.15, 0.2) is 5.17 Å². The number of nitro groups is 1. The summed E-state index contributed by atoms with van der Waals surface area (Å²) in [6, 6.07) is 11.1. The average molecular weight is 429 g/mol. The van der Waals surface area contributed by atoms with Gasteiger partial charge in [0.2, 0.25) is 11.8 Å². The fourth-order valence-corrected chi connectivity index (χ4v) is 3.42. The quantitative estimate of drug-likeness (QED) is 0.415.